The van der Waals surface area contributed by atoms with Crippen LogP contribution in [0.5, 0.6) is 0 Å². The zero-order chi connectivity index (χ0) is 18.1. The van der Waals surface area contributed by atoms with E-state index in [4.69, 9.17) is 16.2 Å². The van der Waals surface area contributed by atoms with Crippen LogP contribution in [-0.2, 0) is 17.7 Å². The molecule has 6 heteroatoms. The van der Waals surface area contributed by atoms with E-state index in [0.717, 1.165) is 49.2 Å². The van der Waals surface area contributed by atoms with Gasteiger partial charge in [0.1, 0.15) is 5.52 Å². The molecule has 26 heavy (non-hydrogen) atoms. The molecule has 0 fully saturated rings. The zero-order valence-corrected chi connectivity index (χ0v) is 15.3. The Hall–Kier alpha value is -2.54. The van der Waals surface area contributed by atoms with E-state index in [0.29, 0.717) is 19.0 Å². The van der Waals surface area contributed by atoms with Crippen molar-refractivity contribution in [1.82, 2.24) is 9.97 Å². The number of hydrogen-bond acceptors (Lipinski definition) is 6. The maximum Gasteiger partial charge on any atom is 0.151 e. The summed E-state index contributed by atoms with van der Waals surface area (Å²) in [4.78, 5) is 9.23. The van der Waals surface area contributed by atoms with E-state index in [1.165, 1.54) is 0 Å². The molecule has 0 aliphatic heterocycles. The Kier molecular flexibility index (Phi) is 4.55. The Balaban J connectivity index is 1.81. The van der Waals surface area contributed by atoms with Crippen molar-refractivity contribution in [3.63, 3.8) is 0 Å². The number of thiazole rings is 1. The largest absolute Gasteiger partial charge is 0.384 e. The van der Waals surface area contributed by atoms with E-state index in [9.17, 15) is 0 Å². The minimum absolute atomic E-state index is 0.475. The van der Waals surface area contributed by atoms with E-state index in [1.54, 1.807) is 18.4 Å². The minimum Gasteiger partial charge on any atom is -0.384 e. The first kappa shape index (κ1) is 16.9. The van der Waals surface area contributed by atoms with Gasteiger partial charge in [-0.2, -0.15) is 0 Å². The third-order valence-corrected chi connectivity index (χ3v) is 5.59. The second-order valence-corrected chi connectivity index (χ2v) is 7.24. The molecule has 0 spiro atoms. The number of fused-ring (bicyclic) bond motifs is 3. The summed E-state index contributed by atoms with van der Waals surface area (Å²) < 4.78 is 6.24. The average Bonchev–Trinajstić information content (AvgIpc) is 3.11. The van der Waals surface area contributed by atoms with Gasteiger partial charge in [-0.05, 0) is 22.8 Å². The Bertz CT molecular complexity index is 1070. The highest BCUT2D eigenvalue weighted by molar-refractivity contribution is 7.19. The van der Waals surface area contributed by atoms with Crippen molar-refractivity contribution in [1.29, 1.82) is 0 Å². The van der Waals surface area contributed by atoms with Crippen LogP contribution in [0, 0.1) is 0 Å². The number of ether oxygens (including phenoxy) is 1. The molecule has 4 aromatic rings. The van der Waals surface area contributed by atoms with E-state index in [-0.39, 0.29) is 0 Å². The summed E-state index contributed by atoms with van der Waals surface area (Å²) in [6, 6.07) is 14.6. The molecule has 0 saturated carbocycles. The zero-order valence-electron chi connectivity index (χ0n) is 14.5. The van der Waals surface area contributed by atoms with Gasteiger partial charge in [0.25, 0.3) is 0 Å². The minimum atomic E-state index is 0.475. The van der Waals surface area contributed by atoms with Gasteiger partial charge in [0, 0.05) is 25.5 Å². The van der Waals surface area contributed by atoms with Crippen molar-refractivity contribution < 1.29 is 4.74 Å². The Morgan fingerprint density at radius 3 is 2.54 bits per heavy atom. The van der Waals surface area contributed by atoms with Crippen LogP contribution < -0.4 is 11.5 Å². The second-order valence-electron chi connectivity index (χ2n) is 6.16. The smallest absolute Gasteiger partial charge is 0.151 e. The van der Waals surface area contributed by atoms with E-state index < -0.39 is 0 Å². The molecular formula is C20H20N4OS. The summed E-state index contributed by atoms with van der Waals surface area (Å²) >= 11 is 1.66. The van der Waals surface area contributed by atoms with Gasteiger partial charge in [-0.25, -0.2) is 9.97 Å². The van der Waals surface area contributed by atoms with Gasteiger partial charge in [0.15, 0.2) is 5.82 Å². The lowest BCUT2D eigenvalue weighted by molar-refractivity contribution is 0.202. The molecule has 0 aliphatic carbocycles. The Morgan fingerprint density at radius 2 is 1.81 bits per heavy atom. The molecule has 0 unspecified atom stereocenters. The van der Waals surface area contributed by atoms with Crippen LogP contribution in [0.25, 0.3) is 32.2 Å². The maximum atomic E-state index is 6.18. The SMILES string of the molecule is COCCc1nc2c(N)nc3cc(-c4ccc(CN)cc4)ccc3c2s1. The summed E-state index contributed by atoms with van der Waals surface area (Å²) in [5, 5.41) is 2.10. The highest BCUT2D eigenvalue weighted by Gasteiger charge is 2.13. The first-order chi connectivity index (χ1) is 12.7. The van der Waals surface area contributed by atoms with E-state index >= 15 is 0 Å². The molecule has 0 aliphatic rings. The van der Waals surface area contributed by atoms with Gasteiger partial charge in [0.2, 0.25) is 0 Å². The molecule has 5 nitrogen and oxygen atoms in total. The first-order valence-electron chi connectivity index (χ1n) is 8.46. The van der Waals surface area contributed by atoms with Crippen LogP contribution >= 0.6 is 11.3 Å². The lowest BCUT2D eigenvalue weighted by atomic mass is 10.0. The number of nitrogens with zero attached hydrogens (tertiary/aromatic N) is 2. The molecule has 0 saturated heterocycles. The molecule has 0 radical (unpaired) electrons. The number of hydrogen-bond donors (Lipinski definition) is 2. The van der Waals surface area contributed by atoms with Crippen LogP contribution in [0.15, 0.2) is 42.5 Å². The molecule has 4 N–H and O–H groups in total. The molecule has 2 aromatic heterocycles. The number of nitrogen functional groups attached to an aromatic ring is 1. The molecule has 0 bridgehead atoms. The second kappa shape index (κ2) is 6.99. The summed E-state index contributed by atoms with van der Waals surface area (Å²) in [7, 11) is 1.69. The number of methoxy groups -OCH3 is 1. The monoisotopic (exact) mass is 364 g/mol. The Labute approximate surface area is 155 Å². The molecular weight excluding hydrogens is 344 g/mol. The molecule has 4 rings (SSSR count). The van der Waals surface area contributed by atoms with Gasteiger partial charge in [-0.3, -0.25) is 0 Å². The van der Waals surface area contributed by atoms with E-state index in [2.05, 4.69) is 52.4 Å². The molecule has 2 heterocycles. The van der Waals surface area contributed by atoms with Crippen LogP contribution in [-0.4, -0.2) is 23.7 Å². The fourth-order valence-electron chi connectivity index (χ4n) is 3.03. The van der Waals surface area contributed by atoms with Crippen LogP contribution in [0.4, 0.5) is 5.82 Å². The van der Waals surface area contributed by atoms with Crippen molar-refractivity contribution in [3.8, 4) is 11.1 Å². The molecule has 0 atom stereocenters. The highest BCUT2D eigenvalue weighted by atomic mass is 32.1. The lowest BCUT2D eigenvalue weighted by Gasteiger charge is -2.06. The normalized spacial score (nSPS) is 11.5. The third kappa shape index (κ3) is 3.03. The predicted octanol–water partition coefficient (Wildman–Crippen LogP) is 3.74. The number of aromatic nitrogens is 2. The fourth-order valence-corrected chi connectivity index (χ4v) is 4.12. The topological polar surface area (TPSA) is 87.0 Å². The predicted molar refractivity (Wildman–Crippen MR) is 108 cm³/mol. The summed E-state index contributed by atoms with van der Waals surface area (Å²) in [5.74, 6) is 0.475. The summed E-state index contributed by atoms with van der Waals surface area (Å²) in [6.07, 6.45) is 0.780. The average molecular weight is 364 g/mol. The Morgan fingerprint density at radius 1 is 1.04 bits per heavy atom. The van der Waals surface area contributed by atoms with Crippen LogP contribution in [0.3, 0.4) is 0 Å². The van der Waals surface area contributed by atoms with Gasteiger partial charge in [-0.15, -0.1) is 11.3 Å². The molecule has 132 valence electrons. The maximum absolute atomic E-state index is 6.18. The summed E-state index contributed by atoms with van der Waals surface area (Å²) in [5.41, 5.74) is 16.9. The number of anilines is 1. The van der Waals surface area contributed by atoms with Gasteiger partial charge >= 0.3 is 0 Å². The van der Waals surface area contributed by atoms with Crippen molar-refractivity contribution in [2.75, 3.05) is 19.5 Å². The quantitative estimate of drug-likeness (QED) is 0.563. The third-order valence-electron chi connectivity index (χ3n) is 4.44. The van der Waals surface area contributed by atoms with Gasteiger partial charge in [-0.1, -0.05) is 36.4 Å². The molecule has 2 aromatic carbocycles. The van der Waals surface area contributed by atoms with Crippen LogP contribution in [0.1, 0.15) is 10.6 Å². The van der Waals surface area contributed by atoms with Crippen molar-refractivity contribution in [3.05, 3.63) is 53.0 Å². The van der Waals surface area contributed by atoms with E-state index in [1.807, 2.05) is 0 Å². The number of pyridine rings is 1. The number of nitrogens with two attached hydrogens (primary N) is 2. The van der Waals surface area contributed by atoms with Gasteiger partial charge < -0.3 is 16.2 Å². The number of benzene rings is 2. The van der Waals surface area contributed by atoms with Crippen molar-refractivity contribution >= 4 is 38.3 Å². The first-order valence-corrected chi connectivity index (χ1v) is 9.28. The lowest BCUT2D eigenvalue weighted by Crippen LogP contribution is -1.95. The van der Waals surface area contributed by atoms with Crippen LogP contribution in [0.2, 0.25) is 0 Å². The highest BCUT2D eigenvalue weighted by Crippen LogP contribution is 2.34. The molecule has 0 amide bonds. The fraction of sp³-hybridized carbons (Fsp3) is 0.200. The van der Waals surface area contributed by atoms with Crippen molar-refractivity contribution in [2.45, 2.75) is 13.0 Å². The van der Waals surface area contributed by atoms with Crippen molar-refractivity contribution in [2.24, 2.45) is 5.73 Å². The standard InChI is InChI=1S/C20H20N4OS/c1-25-9-8-17-24-18-19(26-17)15-7-6-14(10-16(15)23-20(18)22)13-4-2-12(11-21)3-5-13/h2-7,10H,8-9,11,21H2,1H3,(H2,22,23). The van der Waals surface area contributed by atoms with Gasteiger partial charge in [0.05, 0.1) is 21.8 Å². The number of rotatable bonds is 5. The summed E-state index contributed by atoms with van der Waals surface area (Å²) in [6.45, 7) is 1.19.